The van der Waals surface area contributed by atoms with Crippen LogP contribution in [0.25, 0.3) is 0 Å². The molecule has 1 rings (SSSR count). The van der Waals surface area contributed by atoms with E-state index in [1.807, 2.05) is 0 Å². The minimum absolute atomic E-state index is 0.362. The van der Waals surface area contributed by atoms with Crippen LogP contribution < -0.4 is 5.73 Å². The third kappa shape index (κ3) is 3.86. The van der Waals surface area contributed by atoms with Gasteiger partial charge in [-0.25, -0.2) is 0 Å². The fraction of sp³-hybridized carbons (Fsp3) is 0.556. The lowest BCUT2D eigenvalue weighted by Gasteiger charge is -2.28. The Kier molecular flexibility index (Phi) is 4.71. The summed E-state index contributed by atoms with van der Waals surface area (Å²) in [6.07, 6.45) is -11.3. The first-order valence-electron chi connectivity index (χ1n) is 4.64. The van der Waals surface area contributed by atoms with Crippen LogP contribution in [0.3, 0.4) is 0 Å². The van der Waals surface area contributed by atoms with Gasteiger partial charge < -0.3 is 5.73 Å². The summed E-state index contributed by atoms with van der Waals surface area (Å²) < 4.78 is 74.8. The molecule has 2 N–H and O–H groups in total. The summed E-state index contributed by atoms with van der Waals surface area (Å²) in [6.45, 7) is 0. The molecule has 1 heterocycles. The second kappa shape index (κ2) is 5.38. The average Bonchev–Trinajstić information content (AvgIpc) is 2.45. The van der Waals surface area contributed by atoms with Crippen LogP contribution in [0.1, 0.15) is 4.88 Å². The Bertz CT molecular complexity index is 384. The first-order chi connectivity index (χ1) is 8.03. The molecule has 0 amide bonds. The SMILES string of the molecule is NC(Cc1sccc1Br)C(C(F)(F)F)C(F)(F)F. The minimum Gasteiger partial charge on any atom is -0.326 e. The summed E-state index contributed by atoms with van der Waals surface area (Å²) in [6, 6.07) is -0.511. The largest absolute Gasteiger partial charge is 0.402 e. The lowest BCUT2D eigenvalue weighted by Crippen LogP contribution is -2.49. The highest BCUT2D eigenvalue weighted by Crippen LogP contribution is 2.42. The molecule has 104 valence electrons. The summed E-state index contributed by atoms with van der Waals surface area (Å²) >= 11 is 4.09. The van der Waals surface area contributed by atoms with Crippen LogP contribution in [0.2, 0.25) is 0 Å². The zero-order valence-corrected chi connectivity index (χ0v) is 11.1. The van der Waals surface area contributed by atoms with E-state index in [9.17, 15) is 26.3 Å². The van der Waals surface area contributed by atoms with Gasteiger partial charge in [-0.2, -0.15) is 26.3 Å². The molecule has 0 aliphatic carbocycles. The molecule has 0 aliphatic heterocycles. The van der Waals surface area contributed by atoms with E-state index >= 15 is 0 Å². The molecule has 1 atom stereocenters. The normalized spacial score (nSPS) is 15.2. The van der Waals surface area contributed by atoms with Gasteiger partial charge in [0.25, 0.3) is 0 Å². The number of rotatable bonds is 3. The van der Waals surface area contributed by atoms with Crippen molar-refractivity contribution < 1.29 is 26.3 Å². The van der Waals surface area contributed by atoms with Gasteiger partial charge in [0, 0.05) is 15.4 Å². The van der Waals surface area contributed by atoms with Crippen LogP contribution in [0, 0.1) is 5.92 Å². The van der Waals surface area contributed by atoms with E-state index < -0.39 is 30.7 Å². The van der Waals surface area contributed by atoms with Crippen molar-refractivity contribution in [1.29, 1.82) is 0 Å². The predicted octanol–water partition coefficient (Wildman–Crippen LogP) is 4.12. The molecule has 0 fully saturated rings. The molecule has 1 unspecified atom stereocenters. The molecule has 0 spiro atoms. The van der Waals surface area contributed by atoms with Gasteiger partial charge in [0.2, 0.25) is 0 Å². The monoisotopic (exact) mass is 355 g/mol. The second-order valence-electron chi connectivity index (χ2n) is 3.62. The highest BCUT2D eigenvalue weighted by atomic mass is 79.9. The topological polar surface area (TPSA) is 26.0 Å². The predicted molar refractivity (Wildman–Crippen MR) is 59.3 cm³/mol. The molecule has 1 nitrogen and oxygen atoms in total. The van der Waals surface area contributed by atoms with Crippen molar-refractivity contribution in [3.8, 4) is 0 Å². The summed E-state index contributed by atoms with van der Waals surface area (Å²) in [5.74, 6) is -3.51. The maximum atomic E-state index is 12.4. The van der Waals surface area contributed by atoms with Crippen LogP contribution in [-0.4, -0.2) is 18.4 Å². The molecule has 1 aromatic rings. The Balaban J connectivity index is 2.91. The molecule has 9 heteroatoms. The van der Waals surface area contributed by atoms with Crippen LogP contribution in [0.5, 0.6) is 0 Å². The first kappa shape index (κ1) is 15.8. The van der Waals surface area contributed by atoms with Crippen molar-refractivity contribution in [3.05, 3.63) is 20.8 Å². The molecule has 0 aromatic carbocycles. The van der Waals surface area contributed by atoms with Crippen LogP contribution >= 0.6 is 27.3 Å². The first-order valence-corrected chi connectivity index (χ1v) is 6.31. The molecule has 0 aliphatic rings. The van der Waals surface area contributed by atoms with Gasteiger partial charge in [0.1, 0.15) is 0 Å². The van der Waals surface area contributed by atoms with Crippen LogP contribution in [-0.2, 0) is 6.42 Å². The highest BCUT2D eigenvalue weighted by Gasteiger charge is 2.59. The fourth-order valence-electron chi connectivity index (χ4n) is 1.47. The van der Waals surface area contributed by atoms with Crippen molar-refractivity contribution in [2.75, 3.05) is 0 Å². The van der Waals surface area contributed by atoms with Gasteiger partial charge in [0.15, 0.2) is 5.92 Å². The third-order valence-electron chi connectivity index (χ3n) is 2.25. The van der Waals surface area contributed by atoms with E-state index in [-0.39, 0.29) is 0 Å². The highest BCUT2D eigenvalue weighted by molar-refractivity contribution is 9.10. The van der Waals surface area contributed by atoms with E-state index in [2.05, 4.69) is 15.9 Å². The smallest absolute Gasteiger partial charge is 0.326 e. The Morgan fingerprint density at radius 3 is 2.00 bits per heavy atom. The molecule has 0 saturated carbocycles. The van der Waals surface area contributed by atoms with Gasteiger partial charge in [-0.1, -0.05) is 0 Å². The molecule has 0 radical (unpaired) electrons. The van der Waals surface area contributed by atoms with Gasteiger partial charge in [0.05, 0.1) is 0 Å². The number of hydrogen-bond acceptors (Lipinski definition) is 2. The lowest BCUT2D eigenvalue weighted by atomic mass is 9.96. The van der Waals surface area contributed by atoms with Gasteiger partial charge >= 0.3 is 12.4 Å². The van der Waals surface area contributed by atoms with Gasteiger partial charge in [-0.3, -0.25) is 0 Å². The second-order valence-corrected chi connectivity index (χ2v) is 5.48. The number of alkyl halides is 6. The third-order valence-corrected chi connectivity index (χ3v) is 4.19. The summed E-state index contributed by atoms with van der Waals surface area (Å²) in [5.41, 5.74) is 5.10. The number of thiophene rings is 1. The molecule has 0 saturated heterocycles. The maximum Gasteiger partial charge on any atom is 0.402 e. The summed E-state index contributed by atoms with van der Waals surface area (Å²) in [7, 11) is 0. The van der Waals surface area contributed by atoms with Gasteiger partial charge in [-0.05, 0) is 33.8 Å². The zero-order valence-electron chi connectivity index (χ0n) is 8.65. The lowest BCUT2D eigenvalue weighted by molar-refractivity contribution is -0.289. The van der Waals surface area contributed by atoms with E-state index in [1.165, 1.54) is 0 Å². The minimum atomic E-state index is -5.40. The Morgan fingerprint density at radius 2 is 1.67 bits per heavy atom. The van der Waals surface area contributed by atoms with E-state index in [0.717, 1.165) is 11.3 Å². The summed E-state index contributed by atoms with van der Waals surface area (Å²) in [4.78, 5) is 0.362. The van der Waals surface area contributed by atoms with Crippen LogP contribution in [0.4, 0.5) is 26.3 Å². The summed E-state index contributed by atoms with van der Waals surface area (Å²) in [5, 5.41) is 1.56. The van der Waals surface area contributed by atoms with Crippen molar-refractivity contribution >= 4 is 27.3 Å². The molecular weight excluding hydrogens is 348 g/mol. The van der Waals surface area contributed by atoms with Crippen LogP contribution in [0.15, 0.2) is 15.9 Å². The van der Waals surface area contributed by atoms with Crippen molar-refractivity contribution in [2.24, 2.45) is 11.7 Å². The van der Waals surface area contributed by atoms with E-state index in [0.29, 0.717) is 9.35 Å². The maximum absolute atomic E-state index is 12.4. The Hall–Kier alpha value is -0.280. The molecule has 1 aromatic heterocycles. The Labute approximate surface area is 111 Å². The molecule has 18 heavy (non-hydrogen) atoms. The molecule has 0 bridgehead atoms. The quantitative estimate of drug-likeness (QED) is 0.811. The Morgan fingerprint density at radius 1 is 1.17 bits per heavy atom. The average molecular weight is 356 g/mol. The fourth-order valence-corrected chi connectivity index (χ4v) is 3.06. The number of halogens is 7. The number of nitrogens with two attached hydrogens (primary N) is 1. The van der Waals surface area contributed by atoms with E-state index in [4.69, 9.17) is 5.73 Å². The van der Waals surface area contributed by atoms with E-state index in [1.54, 1.807) is 11.4 Å². The zero-order chi connectivity index (χ0) is 14.1. The molecular formula is C9H8BrF6NS. The standard InChI is InChI=1S/C9H8BrF6NS/c10-4-1-2-18-6(4)3-5(17)7(8(11,12)13)9(14,15)16/h1-2,5,7H,3,17H2. The van der Waals surface area contributed by atoms with Crippen molar-refractivity contribution in [2.45, 2.75) is 24.8 Å². The van der Waals surface area contributed by atoms with Gasteiger partial charge in [-0.15, -0.1) is 11.3 Å². The van der Waals surface area contributed by atoms with Crippen molar-refractivity contribution in [3.63, 3.8) is 0 Å². The number of hydrogen-bond donors (Lipinski definition) is 1. The van der Waals surface area contributed by atoms with Crippen molar-refractivity contribution in [1.82, 2.24) is 0 Å².